The van der Waals surface area contributed by atoms with Crippen LogP contribution in [-0.4, -0.2) is 24.1 Å². The summed E-state index contributed by atoms with van der Waals surface area (Å²) in [6, 6.07) is 81.0. The van der Waals surface area contributed by atoms with Crippen molar-refractivity contribution in [2.45, 2.75) is 27.7 Å². The Labute approximate surface area is 419 Å². The summed E-state index contributed by atoms with van der Waals surface area (Å²) in [6.45, 7) is 8.71. The number of aromatic nitrogens is 5. The Morgan fingerprint density at radius 3 is 1.33 bits per heavy atom. The van der Waals surface area contributed by atoms with Gasteiger partial charge in [0.15, 0.2) is 17.5 Å². The fourth-order valence-electron chi connectivity index (χ4n) is 11.0. The maximum Gasteiger partial charge on any atom is 0.166 e. The molecule has 3 aromatic heterocycles. The van der Waals surface area contributed by atoms with Crippen molar-refractivity contribution in [3.8, 4) is 78.9 Å². The van der Waals surface area contributed by atoms with Gasteiger partial charge in [0.05, 0.1) is 27.8 Å². The second-order valence-corrected chi connectivity index (χ2v) is 19.2. The Kier molecular flexibility index (Phi) is 10.3. The van der Waals surface area contributed by atoms with Crippen molar-refractivity contribution < 1.29 is 0 Å². The molecule has 5 heteroatoms. The molecule has 10 aromatic carbocycles. The lowest BCUT2D eigenvalue weighted by molar-refractivity contribution is 1.06. The lowest BCUT2D eigenvalue weighted by atomic mass is 9.96. The maximum atomic E-state index is 5.45. The zero-order chi connectivity index (χ0) is 48.5. The van der Waals surface area contributed by atoms with Crippen LogP contribution in [0.4, 0.5) is 0 Å². The Morgan fingerprint density at radius 1 is 0.278 bits per heavy atom. The zero-order valence-corrected chi connectivity index (χ0v) is 40.6. The van der Waals surface area contributed by atoms with Crippen LogP contribution in [0.25, 0.3) is 123 Å². The smallest absolute Gasteiger partial charge is 0.166 e. The first-order valence-electron chi connectivity index (χ1n) is 24.7. The molecule has 0 aliphatic heterocycles. The third-order valence-electron chi connectivity index (χ3n) is 14.1. The third kappa shape index (κ3) is 7.46. The fraction of sp³-hybridized carbons (Fsp3) is 0.0597. The van der Waals surface area contributed by atoms with E-state index in [0.717, 1.165) is 72.4 Å². The normalized spacial score (nSPS) is 11.6. The van der Waals surface area contributed by atoms with E-state index in [1.165, 1.54) is 54.9 Å². The number of hydrogen-bond acceptors (Lipinski definition) is 3. The van der Waals surface area contributed by atoms with Crippen molar-refractivity contribution in [2.75, 3.05) is 0 Å². The summed E-state index contributed by atoms with van der Waals surface area (Å²) in [5.74, 6) is 1.81. The molecule has 5 nitrogen and oxygen atoms in total. The summed E-state index contributed by atoms with van der Waals surface area (Å²) in [5, 5.41) is 4.72. The summed E-state index contributed by atoms with van der Waals surface area (Å²) in [7, 11) is 0. The molecule has 72 heavy (non-hydrogen) atoms. The molecule has 0 N–H and O–H groups in total. The van der Waals surface area contributed by atoms with Gasteiger partial charge >= 0.3 is 0 Å². The maximum absolute atomic E-state index is 5.45. The molecule has 0 unspecified atom stereocenters. The van der Waals surface area contributed by atoms with Gasteiger partial charge in [0.25, 0.3) is 0 Å². The number of hydrogen-bond donors (Lipinski definition) is 0. The van der Waals surface area contributed by atoms with Gasteiger partial charge in [-0.25, -0.2) is 15.0 Å². The average molecular weight is 924 g/mol. The number of benzene rings is 10. The van der Waals surface area contributed by atoms with Crippen LogP contribution >= 0.6 is 0 Å². The Morgan fingerprint density at radius 2 is 0.764 bits per heavy atom. The molecular weight excluding hydrogens is 875 g/mol. The van der Waals surface area contributed by atoms with Crippen LogP contribution in [0.1, 0.15) is 22.3 Å². The van der Waals surface area contributed by atoms with Gasteiger partial charge in [-0.3, -0.25) is 0 Å². The van der Waals surface area contributed by atoms with Crippen molar-refractivity contribution in [1.29, 1.82) is 0 Å². The van der Waals surface area contributed by atoms with E-state index >= 15 is 0 Å². The van der Waals surface area contributed by atoms with Crippen LogP contribution in [0.2, 0.25) is 0 Å². The molecule has 0 saturated heterocycles. The minimum absolute atomic E-state index is 0.587. The van der Waals surface area contributed by atoms with Crippen LogP contribution in [0.15, 0.2) is 224 Å². The van der Waals surface area contributed by atoms with E-state index in [0.29, 0.717) is 17.5 Å². The molecule has 0 saturated carbocycles. The van der Waals surface area contributed by atoms with Crippen molar-refractivity contribution in [2.24, 2.45) is 0 Å². The summed E-state index contributed by atoms with van der Waals surface area (Å²) < 4.78 is 4.84. The molecular formula is C67H49N5. The summed E-state index contributed by atoms with van der Waals surface area (Å²) in [6.07, 6.45) is 0. The van der Waals surface area contributed by atoms with E-state index in [2.05, 4.69) is 225 Å². The van der Waals surface area contributed by atoms with Gasteiger partial charge in [-0.2, -0.15) is 0 Å². The first kappa shape index (κ1) is 42.9. The van der Waals surface area contributed by atoms with Crippen molar-refractivity contribution in [3.63, 3.8) is 0 Å². The molecule has 0 fully saturated rings. The zero-order valence-electron chi connectivity index (χ0n) is 40.6. The predicted octanol–water partition coefficient (Wildman–Crippen LogP) is 17.3. The largest absolute Gasteiger partial charge is 0.309 e. The predicted molar refractivity (Wildman–Crippen MR) is 300 cm³/mol. The van der Waals surface area contributed by atoms with Crippen molar-refractivity contribution in [1.82, 2.24) is 24.1 Å². The SMILES string of the molecule is Cc1cc(C)cc(-c2ccc3c4ccc(-c5cc(C)cc(C)c5)cc4n(-c4ccc(-c5cccc6c5c5ccccc5n6-c5ccccc5)cc4-c4nc(-c5ccccc5)nc(-c5ccccc5)n4)c3c2)c1. The molecule has 0 atom stereocenters. The number of rotatable bonds is 8. The summed E-state index contributed by atoms with van der Waals surface area (Å²) in [4.78, 5) is 16.1. The second kappa shape index (κ2) is 17.3. The van der Waals surface area contributed by atoms with Crippen LogP contribution < -0.4 is 0 Å². The van der Waals surface area contributed by atoms with Gasteiger partial charge in [-0.1, -0.05) is 198 Å². The topological polar surface area (TPSA) is 48.5 Å². The highest BCUT2D eigenvalue weighted by Gasteiger charge is 2.23. The summed E-state index contributed by atoms with van der Waals surface area (Å²) in [5.41, 5.74) is 21.2. The number of aryl methyl sites for hydroxylation is 4. The molecule has 0 spiro atoms. The first-order chi connectivity index (χ1) is 35.3. The molecule has 13 aromatic rings. The Balaban J connectivity index is 1.14. The van der Waals surface area contributed by atoms with Gasteiger partial charge in [0.2, 0.25) is 0 Å². The fourth-order valence-corrected chi connectivity index (χ4v) is 11.0. The molecule has 0 amide bonds. The van der Waals surface area contributed by atoms with Crippen molar-refractivity contribution >= 4 is 43.6 Å². The average Bonchev–Trinajstić information content (AvgIpc) is 3.93. The second-order valence-electron chi connectivity index (χ2n) is 19.2. The monoisotopic (exact) mass is 923 g/mol. The standard InChI is InChI=1S/C67H49N5/c1-42-33-43(2)36-51(35-42)48-27-30-55-56-31-28-49(52-37-44(3)34-45(4)38-52)41-63(56)72(62(55)40-48)60-32-29-50(54-24-16-26-61-64(54)57-23-14-15-25-59(57)71(61)53-21-12-7-13-22-53)39-58(60)67-69-65(46-17-8-5-9-18-46)68-66(70-67)47-19-10-6-11-20-47/h5-41H,1-4H3. The number of nitrogens with zero attached hydrogens (tertiary/aromatic N) is 5. The number of para-hydroxylation sites is 2. The lowest BCUT2D eigenvalue weighted by Gasteiger charge is -2.17. The van der Waals surface area contributed by atoms with Crippen LogP contribution in [-0.2, 0) is 0 Å². The molecule has 0 aliphatic rings. The van der Waals surface area contributed by atoms with E-state index in [-0.39, 0.29) is 0 Å². The third-order valence-corrected chi connectivity index (χ3v) is 14.1. The van der Waals surface area contributed by atoms with E-state index < -0.39 is 0 Å². The quantitative estimate of drug-likeness (QED) is 0.153. The minimum Gasteiger partial charge on any atom is -0.309 e. The highest BCUT2D eigenvalue weighted by atomic mass is 15.1. The molecule has 13 rings (SSSR count). The Hall–Kier alpha value is -9.19. The van der Waals surface area contributed by atoms with Crippen molar-refractivity contribution in [3.05, 3.63) is 247 Å². The van der Waals surface area contributed by atoms with E-state index in [1.807, 2.05) is 36.4 Å². The highest BCUT2D eigenvalue weighted by molar-refractivity contribution is 6.16. The molecule has 0 radical (unpaired) electrons. The Bertz CT molecular complexity index is 4030. The van der Waals surface area contributed by atoms with Gasteiger partial charge in [-0.05, 0) is 110 Å². The van der Waals surface area contributed by atoms with Crippen LogP contribution in [0.5, 0.6) is 0 Å². The molecule has 0 aliphatic carbocycles. The van der Waals surface area contributed by atoms with Gasteiger partial charge < -0.3 is 9.13 Å². The summed E-state index contributed by atoms with van der Waals surface area (Å²) >= 11 is 0. The van der Waals surface area contributed by atoms with Crippen LogP contribution in [0.3, 0.4) is 0 Å². The minimum atomic E-state index is 0.587. The van der Waals surface area contributed by atoms with Gasteiger partial charge in [0, 0.05) is 43.9 Å². The van der Waals surface area contributed by atoms with E-state index in [4.69, 9.17) is 15.0 Å². The van der Waals surface area contributed by atoms with Gasteiger partial charge in [0.1, 0.15) is 0 Å². The molecule has 3 heterocycles. The van der Waals surface area contributed by atoms with Crippen LogP contribution in [0, 0.1) is 27.7 Å². The number of fused-ring (bicyclic) bond motifs is 6. The molecule has 0 bridgehead atoms. The van der Waals surface area contributed by atoms with Gasteiger partial charge in [-0.15, -0.1) is 0 Å². The van der Waals surface area contributed by atoms with E-state index in [9.17, 15) is 0 Å². The van der Waals surface area contributed by atoms with E-state index in [1.54, 1.807) is 0 Å². The highest BCUT2D eigenvalue weighted by Crippen LogP contribution is 2.44. The lowest BCUT2D eigenvalue weighted by Crippen LogP contribution is -2.04. The first-order valence-corrected chi connectivity index (χ1v) is 24.7. The molecule has 342 valence electrons.